The van der Waals surface area contributed by atoms with Crippen LogP contribution in [0.3, 0.4) is 0 Å². The molecular weight excluding hydrogens is 120 g/mol. The van der Waals surface area contributed by atoms with Gasteiger partial charge in [-0.2, -0.15) is 0 Å². The van der Waals surface area contributed by atoms with Gasteiger partial charge in [0.2, 0.25) is 0 Å². The SMILES string of the molecule is C=CC[C@H](C)C(=O)S. The number of allylic oxidation sites excluding steroid dienone is 1. The Morgan fingerprint density at radius 1 is 2.00 bits per heavy atom. The van der Waals surface area contributed by atoms with E-state index in [1.165, 1.54) is 0 Å². The van der Waals surface area contributed by atoms with E-state index in [0.717, 1.165) is 6.42 Å². The molecule has 0 unspecified atom stereocenters. The Labute approximate surface area is 55.2 Å². The van der Waals surface area contributed by atoms with Crippen molar-refractivity contribution in [1.29, 1.82) is 0 Å². The zero-order chi connectivity index (χ0) is 6.57. The second-order valence-electron chi connectivity index (χ2n) is 1.76. The predicted octanol–water partition coefficient (Wildman–Crippen LogP) is 1.66. The molecule has 0 aromatic heterocycles. The smallest absolute Gasteiger partial charge is 0.189 e. The molecule has 0 rings (SSSR count). The van der Waals surface area contributed by atoms with Gasteiger partial charge in [-0.15, -0.1) is 19.2 Å². The molecule has 0 saturated heterocycles. The molecular formula is C6H10OS. The fourth-order valence-corrected chi connectivity index (χ4v) is 0.456. The molecule has 0 bridgehead atoms. The lowest BCUT2D eigenvalue weighted by atomic mass is 10.1. The molecule has 0 aliphatic heterocycles. The zero-order valence-electron chi connectivity index (χ0n) is 4.92. The molecule has 0 aromatic rings. The van der Waals surface area contributed by atoms with Gasteiger partial charge in [0.05, 0.1) is 0 Å². The Bertz CT molecular complexity index is 98.7. The quantitative estimate of drug-likeness (QED) is 0.454. The summed E-state index contributed by atoms with van der Waals surface area (Å²) in [6.07, 6.45) is 2.45. The zero-order valence-corrected chi connectivity index (χ0v) is 5.82. The van der Waals surface area contributed by atoms with Crippen molar-refractivity contribution in [2.75, 3.05) is 0 Å². The molecule has 1 atom stereocenters. The number of carbonyl (C=O) groups excluding carboxylic acids is 1. The van der Waals surface area contributed by atoms with Gasteiger partial charge in [-0.25, -0.2) is 0 Å². The van der Waals surface area contributed by atoms with Crippen molar-refractivity contribution in [1.82, 2.24) is 0 Å². The second-order valence-corrected chi connectivity index (χ2v) is 2.20. The molecule has 0 amide bonds. The first-order valence-electron chi connectivity index (χ1n) is 2.52. The average molecular weight is 130 g/mol. The summed E-state index contributed by atoms with van der Waals surface area (Å²) in [6.45, 7) is 5.33. The molecule has 0 spiro atoms. The van der Waals surface area contributed by atoms with Crippen LogP contribution in [0.25, 0.3) is 0 Å². The van der Waals surface area contributed by atoms with Gasteiger partial charge in [0.15, 0.2) is 5.12 Å². The molecule has 1 nitrogen and oxygen atoms in total. The minimum Gasteiger partial charge on any atom is -0.287 e. The van der Waals surface area contributed by atoms with Gasteiger partial charge in [0.1, 0.15) is 0 Å². The molecule has 0 radical (unpaired) electrons. The Morgan fingerprint density at radius 2 is 2.50 bits per heavy atom. The minimum atomic E-state index is -0.0649. The highest BCUT2D eigenvalue weighted by Gasteiger charge is 2.03. The summed E-state index contributed by atoms with van der Waals surface area (Å²) in [5.41, 5.74) is 0. The third kappa shape index (κ3) is 2.86. The largest absolute Gasteiger partial charge is 0.287 e. The summed E-state index contributed by atoms with van der Waals surface area (Å²) in [5.74, 6) is 0.0239. The van der Waals surface area contributed by atoms with Crippen molar-refractivity contribution in [3.63, 3.8) is 0 Å². The van der Waals surface area contributed by atoms with Gasteiger partial charge in [0, 0.05) is 5.92 Å². The first-order valence-corrected chi connectivity index (χ1v) is 2.97. The van der Waals surface area contributed by atoms with Gasteiger partial charge < -0.3 is 0 Å². The van der Waals surface area contributed by atoms with Crippen LogP contribution >= 0.6 is 12.6 Å². The Balaban J connectivity index is 3.46. The summed E-state index contributed by atoms with van der Waals surface area (Å²) in [4.78, 5) is 10.4. The van der Waals surface area contributed by atoms with Crippen LogP contribution in [0.4, 0.5) is 0 Å². The van der Waals surface area contributed by atoms with Crippen molar-refractivity contribution >= 4 is 17.7 Å². The predicted molar refractivity (Wildman–Crippen MR) is 38.0 cm³/mol. The van der Waals surface area contributed by atoms with Crippen molar-refractivity contribution in [2.45, 2.75) is 13.3 Å². The third-order valence-corrected chi connectivity index (χ3v) is 1.38. The third-order valence-electron chi connectivity index (χ3n) is 0.942. The van der Waals surface area contributed by atoms with E-state index < -0.39 is 0 Å². The van der Waals surface area contributed by atoms with E-state index in [1.54, 1.807) is 6.08 Å². The van der Waals surface area contributed by atoms with Gasteiger partial charge in [0.25, 0.3) is 0 Å². The van der Waals surface area contributed by atoms with Crippen molar-refractivity contribution < 1.29 is 4.79 Å². The highest BCUT2D eigenvalue weighted by molar-refractivity contribution is 7.96. The second kappa shape index (κ2) is 3.72. The number of thiol groups is 1. The summed E-state index contributed by atoms with van der Waals surface area (Å²) in [6, 6.07) is 0. The first kappa shape index (κ1) is 7.76. The molecule has 0 fully saturated rings. The fourth-order valence-electron chi connectivity index (χ4n) is 0.351. The van der Waals surface area contributed by atoms with E-state index >= 15 is 0 Å². The van der Waals surface area contributed by atoms with Crippen LogP contribution in [-0.2, 0) is 4.79 Å². The van der Waals surface area contributed by atoms with Crippen molar-refractivity contribution in [3.05, 3.63) is 12.7 Å². The number of hydrogen-bond donors (Lipinski definition) is 1. The molecule has 46 valence electrons. The Kier molecular flexibility index (Phi) is 3.61. The van der Waals surface area contributed by atoms with Crippen molar-refractivity contribution in [2.24, 2.45) is 5.92 Å². The fraction of sp³-hybridized carbons (Fsp3) is 0.500. The highest BCUT2D eigenvalue weighted by atomic mass is 32.1. The maximum atomic E-state index is 10.4. The van der Waals surface area contributed by atoms with E-state index in [2.05, 4.69) is 19.2 Å². The highest BCUT2D eigenvalue weighted by Crippen LogP contribution is 2.04. The van der Waals surface area contributed by atoms with Crippen LogP contribution in [0, 0.1) is 5.92 Å². The van der Waals surface area contributed by atoms with Crippen LogP contribution in [0.5, 0.6) is 0 Å². The minimum absolute atomic E-state index is 0.0239. The molecule has 0 heterocycles. The van der Waals surface area contributed by atoms with Crippen LogP contribution in [0.2, 0.25) is 0 Å². The van der Waals surface area contributed by atoms with E-state index in [9.17, 15) is 4.79 Å². The summed E-state index contributed by atoms with van der Waals surface area (Å²) in [7, 11) is 0. The summed E-state index contributed by atoms with van der Waals surface area (Å²) < 4.78 is 0. The Hall–Kier alpha value is -0.240. The number of rotatable bonds is 3. The number of carbonyl (C=O) groups is 1. The van der Waals surface area contributed by atoms with Gasteiger partial charge in [-0.05, 0) is 6.42 Å². The molecule has 0 saturated carbocycles. The van der Waals surface area contributed by atoms with Crippen LogP contribution in [0.15, 0.2) is 12.7 Å². The van der Waals surface area contributed by atoms with Crippen LogP contribution < -0.4 is 0 Å². The molecule has 8 heavy (non-hydrogen) atoms. The molecule has 0 aromatic carbocycles. The van der Waals surface area contributed by atoms with Crippen molar-refractivity contribution in [3.8, 4) is 0 Å². The van der Waals surface area contributed by atoms with Gasteiger partial charge in [-0.1, -0.05) is 13.0 Å². The normalized spacial score (nSPS) is 12.8. The van der Waals surface area contributed by atoms with E-state index in [1.807, 2.05) is 6.92 Å². The lowest BCUT2D eigenvalue weighted by Crippen LogP contribution is -2.00. The molecule has 2 heteroatoms. The summed E-state index contributed by atoms with van der Waals surface area (Å²) in [5, 5.41) is -0.0649. The number of hydrogen-bond acceptors (Lipinski definition) is 1. The monoisotopic (exact) mass is 130 g/mol. The topological polar surface area (TPSA) is 17.1 Å². The first-order chi connectivity index (χ1) is 3.68. The maximum absolute atomic E-state index is 10.4. The lowest BCUT2D eigenvalue weighted by molar-refractivity contribution is -0.113. The standard InChI is InChI=1S/C6H10OS/c1-3-4-5(2)6(7)8/h3,5H,1,4H2,2H3,(H,7,8)/t5-/m0/s1. The molecule has 0 aliphatic rings. The van der Waals surface area contributed by atoms with Gasteiger partial charge in [-0.3, -0.25) is 4.79 Å². The van der Waals surface area contributed by atoms with E-state index in [0.29, 0.717) is 0 Å². The van der Waals surface area contributed by atoms with Crippen LogP contribution in [0.1, 0.15) is 13.3 Å². The summed E-state index contributed by atoms with van der Waals surface area (Å²) >= 11 is 3.64. The van der Waals surface area contributed by atoms with Gasteiger partial charge >= 0.3 is 0 Å². The Morgan fingerprint density at radius 3 is 2.62 bits per heavy atom. The average Bonchev–Trinajstić information content (AvgIpc) is 1.67. The molecule has 0 N–H and O–H groups in total. The van der Waals surface area contributed by atoms with E-state index in [4.69, 9.17) is 0 Å². The maximum Gasteiger partial charge on any atom is 0.189 e. The van der Waals surface area contributed by atoms with E-state index in [-0.39, 0.29) is 11.0 Å². The molecule has 0 aliphatic carbocycles. The van der Waals surface area contributed by atoms with Crippen LogP contribution in [-0.4, -0.2) is 5.12 Å². The lowest BCUT2D eigenvalue weighted by Gasteiger charge is -1.98.